The zero-order chi connectivity index (χ0) is 42.5. The van der Waals surface area contributed by atoms with Gasteiger partial charge in [0, 0.05) is 69.6 Å². The fraction of sp³-hybridized carbons (Fsp3) is 0.0702. The Bertz CT molecular complexity index is 3170. The Balaban J connectivity index is 0.00000166. The number of nitrogens with zero attached hydrogens (tertiary/aromatic N) is 3. The zero-order valence-electron chi connectivity index (χ0n) is 35.6. The van der Waals surface area contributed by atoms with Gasteiger partial charge in [-0.25, -0.2) is 4.98 Å². The van der Waals surface area contributed by atoms with E-state index in [1.165, 1.54) is 0 Å². The van der Waals surface area contributed by atoms with Gasteiger partial charge in [-0.1, -0.05) is 141 Å². The van der Waals surface area contributed by atoms with Gasteiger partial charge in [0.2, 0.25) is 0 Å². The van der Waals surface area contributed by atoms with Gasteiger partial charge in [-0.05, 0) is 96.8 Å². The normalized spacial score (nSPS) is 11.2. The topological polar surface area (TPSA) is 63.2 Å². The van der Waals surface area contributed by atoms with Gasteiger partial charge < -0.3 is 19.3 Å². The first kappa shape index (κ1) is 41.3. The van der Waals surface area contributed by atoms with Crippen LogP contribution in [-0.4, -0.2) is 24.3 Å². The van der Waals surface area contributed by atoms with Crippen LogP contribution in [0.4, 0.5) is 0 Å². The molecule has 0 saturated carbocycles. The quantitative estimate of drug-likeness (QED) is 0.163. The molecule has 0 atom stereocenters. The first-order valence-corrected chi connectivity index (χ1v) is 21.3. The number of hydrogen-bond acceptors (Lipinski definition) is 3. The van der Waals surface area contributed by atoms with Gasteiger partial charge in [0.15, 0.2) is 0 Å². The molecule has 63 heavy (non-hydrogen) atoms. The van der Waals surface area contributed by atoms with Crippen molar-refractivity contribution < 1.29 is 36.1 Å². The smallest absolute Gasteiger partial charge is 0.147 e. The third-order valence-electron chi connectivity index (χ3n) is 11.8. The van der Waals surface area contributed by atoms with Crippen LogP contribution in [0.15, 0.2) is 188 Å². The molecule has 0 amide bonds. The van der Waals surface area contributed by atoms with Gasteiger partial charge in [-0.3, -0.25) is 0 Å². The Morgan fingerprint density at radius 2 is 0.651 bits per heavy atom. The Morgan fingerprint density at radius 1 is 0.349 bits per heavy atom. The molecule has 11 rings (SSSR count). The summed E-state index contributed by atoms with van der Waals surface area (Å²) < 4.78 is 4.34. The van der Waals surface area contributed by atoms with E-state index in [2.05, 4.69) is 144 Å². The molecule has 304 valence electrons. The molecule has 0 aliphatic carbocycles. The van der Waals surface area contributed by atoms with Crippen molar-refractivity contribution in [2.75, 3.05) is 0 Å². The van der Waals surface area contributed by atoms with Gasteiger partial charge >= 0.3 is 0 Å². The van der Waals surface area contributed by atoms with Gasteiger partial charge in [-0.15, -0.1) is 0 Å². The number of phenols is 2. The van der Waals surface area contributed by atoms with Crippen molar-refractivity contribution in [3.63, 3.8) is 0 Å². The van der Waals surface area contributed by atoms with E-state index in [0.29, 0.717) is 0 Å². The summed E-state index contributed by atoms with van der Waals surface area (Å²) in [6, 6.07) is 64.0. The third kappa shape index (κ3) is 6.95. The van der Waals surface area contributed by atoms with Gasteiger partial charge in [0.05, 0.1) is 44.8 Å². The molecule has 0 radical (unpaired) electrons. The summed E-state index contributed by atoms with van der Waals surface area (Å²) in [4.78, 5) is 5.32. The number of phenolic OH excluding ortho intramolecular Hbond substituents is 2. The van der Waals surface area contributed by atoms with Gasteiger partial charge in [0.25, 0.3) is 0 Å². The van der Waals surface area contributed by atoms with Crippen molar-refractivity contribution in [2.24, 2.45) is 0 Å². The second-order valence-corrected chi connectivity index (χ2v) is 15.6. The minimum Gasteiger partial charge on any atom is -0.505 e. The molecule has 0 fully saturated rings. The minimum atomic E-state index is 0. The molecule has 8 aromatic carbocycles. The fourth-order valence-corrected chi connectivity index (χ4v) is 9.25. The van der Waals surface area contributed by atoms with Crippen LogP contribution in [0, 0.1) is 13.8 Å². The standard InChI is InChI=1S/C55H39N3O2.C2H6.Hf/c1-34-30-44(54(59)52(32-34)57-48-26-11-7-20-40(48)41-21-8-12-27-49(41)57)36-16-3-5-18-38(36)46-24-15-25-47(56-46)39-19-6-4-17-37(39)45-31-35(2)33-53(55(45)60)58-50-28-13-9-22-42(50)43-23-10-14-29-51(43)58;1-2;/h3-33,59-60H,1-2H3;1-2H3;. The maximum absolute atomic E-state index is 12.3. The number of aromatic nitrogens is 3. The number of aryl methyl sites for hydroxylation is 2. The van der Waals surface area contributed by atoms with Gasteiger partial charge in [-0.2, -0.15) is 0 Å². The van der Waals surface area contributed by atoms with E-state index in [1.54, 1.807) is 0 Å². The monoisotopic (exact) mass is 983 g/mol. The number of aromatic hydroxyl groups is 2. The largest absolute Gasteiger partial charge is 0.505 e. The molecule has 0 aliphatic rings. The van der Waals surface area contributed by atoms with Crippen molar-refractivity contribution in [3.8, 4) is 67.6 Å². The number of benzene rings is 8. The summed E-state index contributed by atoms with van der Waals surface area (Å²) in [6.07, 6.45) is 0. The van der Waals surface area contributed by atoms with Crippen molar-refractivity contribution in [3.05, 3.63) is 199 Å². The minimum absolute atomic E-state index is 0. The Kier molecular flexibility index (Phi) is 11.2. The van der Waals surface area contributed by atoms with Crippen LogP contribution in [0.2, 0.25) is 0 Å². The number of pyridine rings is 1. The SMILES string of the molecule is CC.Cc1cc(-c2ccccc2-c2cccc(-c3ccccc3-c3cc(C)cc(-n4c5ccccc5c5ccccc54)c3O)n2)c(O)c(-n2c3ccccc3c3ccccc32)c1.[Hf]. The number of rotatable bonds is 6. The molecule has 0 spiro atoms. The zero-order valence-corrected chi connectivity index (χ0v) is 39.2. The molecular weight excluding hydrogens is 937 g/mol. The van der Waals surface area contributed by atoms with E-state index in [4.69, 9.17) is 4.98 Å². The first-order chi connectivity index (χ1) is 30.4. The van der Waals surface area contributed by atoms with Crippen LogP contribution in [-0.2, 0) is 25.8 Å². The maximum Gasteiger partial charge on any atom is 0.147 e. The fourth-order valence-electron chi connectivity index (χ4n) is 9.25. The van der Waals surface area contributed by atoms with Crippen molar-refractivity contribution in [1.82, 2.24) is 14.1 Å². The molecule has 0 bridgehead atoms. The molecule has 2 N–H and O–H groups in total. The summed E-state index contributed by atoms with van der Waals surface area (Å²) >= 11 is 0. The summed E-state index contributed by atoms with van der Waals surface area (Å²) in [7, 11) is 0. The van der Waals surface area contributed by atoms with E-state index in [9.17, 15) is 10.2 Å². The van der Waals surface area contributed by atoms with Crippen molar-refractivity contribution in [1.29, 1.82) is 0 Å². The molecule has 0 aliphatic heterocycles. The summed E-state index contributed by atoms with van der Waals surface area (Å²) in [6.45, 7) is 8.15. The second kappa shape index (κ2) is 17.0. The molecule has 0 saturated heterocycles. The van der Waals surface area contributed by atoms with Crippen LogP contribution >= 0.6 is 0 Å². The average Bonchev–Trinajstić information content (AvgIpc) is 3.84. The summed E-state index contributed by atoms with van der Waals surface area (Å²) in [5, 5.41) is 29.2. The Labute approximate surface area is 386 Å². The predicted octanol–water partition coefficient (Wildman–Crippen LogP) is 15.0. The van der Waals surface area contributed by atoms with E-state index in [1.807, 2.05) is 80.6 Å². The molecule has 0 unspecified atom stereocenters. The molecule has 5 nitrogen and oxygen atoms in total. The Morgan fingerprint density at radius 3 is 1.00 bits per heavy atom. The number of para-hydroxylation sites is 4. The van der Waals surface area contributed by atoms with Crippen LogP contribution in [0.25, 0.3) is 99.8 Å². The second-order valence-electron chi connectivity index (χ2n) is 15.6. The van der Waals surface area contributed by atoms with Crippen LogP contribution < -0.4 is 0 Å². The van der Waals surface area contributed by atoms with Gasteiger partial charge in [0.1, 0.15) is 11.5 Å². The van der Waals surface area contributed by atoms with Crippen molar-refractivity contribution >= 4 is 43.6 Å². The molecular formula is C57H45HfN3O2. The molecule has 6 heteroatoms. The maximum atomic E-state index is 12.3. The summed E-state index contributed by atoms with van der Waals surface area (Å²) in [5.74, 6) is 0.407. The van der Waals surface area contributed by atoms with E-state index in [0.717, 1.165) is 111 Å². The van der Waals surface area contributed by atoms with Crippen molar-refractivity contribution in [2.45, 2.75) is 27.7 Å². The van der Waals surface area contributed by atoms with E-state index < -0.39 is 0 Å². The number of fused-ring (bicyclic) bond motifs is 6. The van der Waals surface area contributed by atoms with Crippen LogP contribution in [0.1, 0.15) is 25.0 Å². The van der Waals surface area contributed by atoms with E-state index >= 15 is 0 Å². The van der Waals surface area contributed by atoms with Crippen LogP contribution in [0.3, 0.4) is 0 Å². The van der Waals surface area contributed by atoms with Crippen LogP contribution in [0.5, 0.6) is 11.5 Å². The summed E-state index contributed by atoms with van der Waals surface area (Å²) in [5.41, 5.74) is 14.2. The third-order valence-corrected chi connectivity index (χ3v) is 11.8. The predicted molar refractivity (Wildman–Crippen MR) is 259 cm³/mol. The first-order valence-electron chi connectivity index (χ1n) is 21.3. The Hall–Kier alpha value is -7.02. The molecule has 3 heterocycles. The van der Waals surface area contributed by atoms with E-state index in [-0.39, 0.29) is 37.3 Å². The molecule has 11 aromatic rings. The number of hydrogen-bond donors (Lipinski definition) is 2. The molecule has 3 aromatic heterocycles. The average molecular weight is 982 g/mol.